The lowest BCUT2D eigenvalue weighted by molar-refractivity contribution is -0.150. The van der Waals surface area contributed by atoms with Gasteiger partial charge in [-0.3, -0.25) is 9.59 Å². The molecule has 2 aliphatic rings. The molecule has 2 saturated heterocycles. The van der Waals surface area contributed by atoms with Crippen LogP contribution in [0.2, 0.25) is 0 Å². The molecule has 0 aromatic rings. The predicted molar refractivity (Wildman–Crippen MR) is 70.4 cm³/mol. The molecular formula is C13H23N3O3. The average molecular weight is 269 g/mol. The molecule has 0 aliphatic carbocycles. The van der Waals surface area contributed by atoms with Gasteiger partial charge >= 0.3 is 0 Å². The van der Waals surface area contributed by atoms with Crippen molar-refractivity contribution in [3.8, 4) is 0 Å². The fourth-order valence-electron chi connectivity index (χ4n) is 2.88. The van der Waals surface area contributed by atoms with Crippen molar-refractivity contribution in [2.24, 2.45) is 5.73 Å². The molecule has 2 amide bonds. The molecule has 3 N–H and O–H groups in total. The van der Waals surface area contributed by atoms with Crippen LogP contribution < -0.4 is 11.1 Å². The van der Waals surface area contributed by atoms with Crippen molar-refractivity contribution >= 4 is 11.8 Å². The summed E-state index contributed by atoms with van der Waals surface area (Å²) in [5.74, 6) is -0.134. The van der Waals surface area contributed by atoms with E-state index in [4.69, 9.17) is 10.5 Å². The molecule has 0 bridgehead atoms. The normalized spacial score (nSPS) is 31.3. The second-order valence-electron chi connectivity index (χ2n) is 5.22. The topological polar surface area (TPSA) is 84.7 Å². The first-order chi connectivity index (χ1) is 9.17. The number of carbonyl (C=O) groups excluding carboxylic acids is 2. The second kappa shape index (κ2) is 6.34. The number of likely N-dealkylation sites (N-methyl/N-ethyl adjacent to an activating group) is 1. The van der Waals surface area contributed by atoms with E-state index in [0.717, 1.165) is 25.7 Å². The summed E-state index contributed by atoms with van der Waals surface area (Å²) in [6.45, 7) is 1.09. The van der Waals surface area contributed by atoms with E-state index in [2.05, 4.69) is 5.32 Å². The second-order valence-corrected chi connectivity index (χ2v) is 5.22. The summed E-state index contributed by atoms with van der Waals surface area (Å²) in [7, 11) is 1.61. The van der Waals surface area contributed by atoms with Crippen LogP contribution in [0.3, 0.4) is 0 Å². The van der Waals surface area contributed by atoms with Gasteiger partial charge in [0.1, 0.15) is 12.1 Å². The summed E-state index contributed by atoms with van der Waals surface area (Å²) in [6.07, 6.45) is 3.77. The van der Waals surface area contributed by atoms with Gasteiger partial charge in [0.05, 0.1) is 6.10 Å². The van der Waals surface area contributed by atoms with Crippen LogP contribution in [-0.4, -0.2) is 55.1 Å². The lowest BCUT2D eigenvalue weighted by atomic mass is 10.00. The Hall–Kier alpha value is -1.14. The van der Waals surface area contributed by atoms with Crippen LogP contribution in [0, 0.1) is 0 Å². The number of nitrogens with two attached hydrogens (primary N) is 1. The Morgan fingerprint density at radius 3 is 2.74 bits per heavy atom. The highest BCUT2D eigenvalue weighted by Crippen LogP contribution is 2.24. The van der Waals surface area contributed by atoms with Crippen molar-refractivity contribution in [2.45, 2.75) is 50.4 Å². The Morgan fingerprint density at radius 2 is 2.11 bits per heavy atom. The zero-order chi connectivity index (χ0) is 13.8. The zero-order valence-corrected chi connectivity index (χ0v) is 11.4. The molecule has 0 aromatic heterocycles. The smallest absolute Gasteiger partial charge is 0.252 e. The molecule has 6 heteroatoms. The molecule has 0 aromatic carbocycles. The van der Waals surface area contributed by atoms with Gasteiger partial charge in [-0.1, -0.05) is 0 Å². The number of ether oxygens (including phenoxy) is 1. The minimum atomic E-state index is -0.418. The highest BCUT2D eigenvalue weighted by atomic mass is 16.5. The van der Waals surface area contributed by atoms with Gasteiger partial charge in [-0.25, -0.2) is 0 Å². The van der Waals surface area contributed by atoms with Crippen molar-refractivity contribution < 1.29 is 14.3 Å². The van der Waals surface area contributed by atoms with Crippen LogP contribution in [0.4, 0.5) is 0 Å². The number of rotatable bonds is 3. The molecule has 2 heterocycles. The van der Waals surface area contributed by atoms with E-state index in [-0.39, 0.29) is 24.0 Å². The van der Waals surface area contributed by atoms with Gasteiger partial charge in [0, 0.05) is 20.1 Å². The van der Waals surface area contributed by atoms with Gasteiger partial charge in [0.2, 0.25) is 5.91 Å². The maximum Gasteiger partial charge on any atom is 0.252 e. The van der Waals surface area contributed by atoms with E-state index in [1.165, 1.54) is 0 Å². The lowest BCUT2D eigenvalue weighted by Crippen LogP contribution is -2.54. The quantitative estimate of drug-likeness (QED) is 0.731. The molecule has 3 unspecified atom stereocenters. The first-order valence-electron chi connectivity index (χ1n) is 7.05. The van der Waals surface area contributed by atoms with E-state index >= 15 is 0 Å². The van der Waals surface area contributed by atoms with E-state index < -0.39 is 6.10 Å². The van der Waals surface area contributed by atoms with E-state index in [1.807, 2.05) is 0 Å². The van der Waals surface area contributed by atoms with Crippen molar-refractivity contribution in [1.82, 2.24) is 10.2 Å². The van der Waals surface area contributed by atoms with Gasteiger partial charge in [0.15, 0.2) is 0 Å². The van der Waals surface area contributed by atoms with Crippen LogP contribution in [0.1, 0.15) is 32.1 Å². The van der Waals surface area contributed by atoms with Gasteiger partial charge in [-0.15, -0.1) is 0 Å². The van der Waals surface area contributed by atoms with Crippen LogP contribution in [0.15, 0.2) is 0 Å². The number of amides is 2. The largest absolute Gasteiger partial charge is 0.364 e. The Bertz CT molecular complexity index is 348. The van der Waals surface area contributed by atoms with Crippen LogP contribution in [0.25, 0.3) is 0 Å². The Kier molecular flexibility index (Phi) is 4.76. The minimum absolute atomic E-state index is 0.0165. The number of carbonyl (C=O) groups is 2. The summed E-state index contributed by atoms with van der Waals surface area (Å²) < 4.78 is 5.64. The minimum Gasteiger partial charge on any atom is -0.364 e. The van der Waals surface area contributed by atoms with Crippen molar-refractivity contribution in [3.63, 3.8) is 0 Å². The fourth-order valence-corrected chi connectivity index (χ4v) is 2.88. The Labute approximate surface area is 113 Å². The molecule has 3 atom stereocenters. The number of hydrogen-bond donors (Lipinski definition) is 2. The highest BCUT2D eigenvalue weighted by Gasteiger charge is 2.38. The molecule has 0 radical (unpaired) electrons. The zero-order valence-electron chi connectivity index (χ0n) is 11.4. The van der Waals surface area contributed by atoms with Crippen molar-refractivity contribution in [1.29, 1.82) is 0 Å². The molecule has 0 saturated carbocycles. The number of piperidine rings is 1. The van der Waals surface area contributed by atoms with Crippen LogP contribution >= 0.6 is 0 Å². The average Bonchev–Trinajstić information content (AvgIpc) is 2.94. The van der Waals surface area contributed by atoms with Gasteiger partial charge in [-0.05, 0) is 32.1 Å². The monoisotopic (exact) mass is 269 g/mol. The number of nitrogens with zero attached hydrogens (tertiary/aromatic N) is 1. The molecule has 19 heavy (non-hydrogen) atoms. The van der Waals surface area contributed by atoms with E-state index in [9.17, 15) is 9.59 Å². The van der Waals surface area contributed by atoms with Gasteiger partial charge in [0.25, 0.3) is 5.91 Å². The van der Waals surface area contributed by atoms with Gasteiger partial charge in [-0.2, -0.15) is 0 Å². The fraction of sp³-hybridized carbons (Fsp3) is 0.846. The summed E-state index contributed by atoms with van der Waals surface area (Å²) in [4.78, 5) is 26.0. The third-order valence-electron chi connectivity index (χ3n) is 3.98. The molecule has 0 spiro atoms. The summed E-state index contributed by atoms with van der Waals surface area (Å²) in [6, 6.07) is -0.341. The molecule has 6 nitrogen and oxygen atoms in total. The number of hydrogen-bond acceptors (Lipinski definition) is 4. The number of nitrogens with one attached hydrogen (secondary N) is 1. The van der Waals surface area contributed by atoms with Crippen molar-refractivity contribution in [2.75, 3.05) is 20.1 Å². The maximum atomic E-state index is 12.5. The first-order valence-corrected chi connectivity index (χ1v) is 7.05. The Balaban J connectivity index is 2.01. The first kappa shape index (κ1) is 14.3. The van der Waals surface area contributed by atoms with Crippen LogP contribution in [0.5, 0.6) is 0 Å². The molecule has 2 rings (SSSR count). The predicted octanol–water partition coefficient (Wildman–Crippen LogP) is -0.380. The van der Waals surface area contributed by atoms with E-state index in [0.29, 0.717) is 19.5 Å². The standard InChI is InChI=1S/C13H23N3O3/c1-15-12(17)10-4-2-3-7-16(10)13(18)11-6-5-9(8-14)19-11/h9-11H,2-8,14H2,1H3,(H,15,17). The third kappa shape index (κ3) is 3.06. The molecule has 2 aliphatic heterocycles. The van der Waals surface area contributed by atoms with E-state index in [1.54, 1.807) is 11.9 Å². The summed E-state index contributed by atoms with van der Waals surface area (Å²) >= 11 is 0. The molecule has 108 valence electrons. The molecular weight excluding hydrogens is 246 g/mol. The number of likely N-dealkylation sites (tertiary alicyclic amines) is 1. The highest BCUT2D eigenvalue weighted by molar-refractivity contribution is 5.89. The Morgan fingerprint density at radius 1 is 1.32 bits per heavy atom. The maximum absolute atomic E-state index is 12.5. The summed E-state index contributed by atoms with van der Waals surface area (Å²) in [5, 5.41) is 2.64. The summed E-state index contributed by atoms with van der Waals surface area (Å²) in [5.41, 5.74) is 5.56. The van der Waals surface area contributed by atoms with Gasteiger partial charge < -0.3 is 20.7 Å². The third-order valence-corrected chi connectivity index (χ3v) is 3.98. The van der Waals surface area contributed by atoms with Crippen LogP contribution in [-0.2, 0) is 14.3 Å². The van der Waals surface area contributed by atoms with Crippen molar-refractivity contribution in [3.05, 3.63) is 0 Å². The molecule has 2 fully saturated rings. The SMILES string of the molecule is CNC(=O)C1CCCCN1C(=O)C1CCC(CN)O1. The lowest BCUT2D eigenvalue weighted by Gasteiger charge is -2.35.